The summed E-state index contributed by atoms with van der Waals surface area (Å²) in [6, 6.07) is 5.92. The number of halogens is 1. The zero-order chi connectivity index (χ0) is 14.0. The van der Waals surface area contributed by atoms with Gasteiger partial charge in [0.15, 0.2) is 0 Å². The molecule has 2 aliphatic heterocycles. The lowest BCUT2D eigenvalue weighted by Gasteiger charge is -2.41. The molecule has 1 atom stereocenters. The van der Waals surface area contributed by atoms with Gasteiger partial charge in [0, 0.05) is 18.8 Å². The van der Waals surface area contributed by atoms with Crippen LogP contribution in [-0.2, 0) is 14.3 Å². The highest BCUT2D eigenvalue weighted by Gasteiger charge is 2.41. The van der Waals surface area contributed by atoms with E-state index in [0.29, 0.717) is 32.0 Å². The van der Waals surface area contributed by atoms with Crippen molar-refractivity contribution in [2.45, 2.75) is 5.60 Å². The Morgan fingerprint density at radius 2 is 2.10 bits per heavy atom. The van der Waals surface area contributed by atoms with Gasteiger partial charge in [-0.1, -0.05) is 0 Å². The molecule has 108 valence electrons. The highest BCUT2D eigenvalue weighted by Crippen LogP contribution is 2.25. The van der Waals surface area contributed by atoms with Crippen LogP contribution in [0.5, 0.6) is 0 Å². The van der Waals surface area contributed by atoms with Crippen LogP contribution in [0.3, 0.4) is 0 Å². The van der Waals surface area contributed by atoms with Crippen LogP contribution < -0.4 is 10.2 Å². The number of carbonyl (C=O) groups excluding carboxylic acids is 1. The number of rotatable bonds is 1. The Bertz CT molecular complexity index is 484. The molecule has 1 aromatic carbocycles. The molecule has 1 spiro atoms. The maximum Gasteiger partial charge on any atom is 0.253 e. The standard InChI is InChI=1S/C14H17FN2O3/c15-11-1-3-12(4-2-11)17-9-14(20-7-13(17)18)8-16-5-6-19-10-14/h1-4,16H,5-10H2. The van der Waals surface area contributed by atoms with Crippen molar-refractivity contribution in [3.63, 3.8) is 0 Å². The molecule has 0 saturated carbocycles. The fourth-order valence-corrected chi connectivity index (χ4v) is 2.54. The van der Waals surface area contributed by atoms with Gasteiger partial charge in [0.2, 0.25) is 0 Å². The third kappa shape index (κ3) is 2.67. The van der Waals surface area contributed by atoms with Crippen molar-refractivity contribution >= 4 is 11.6 Å². The molecule has 5 nitrogen and oxygen atoms in total. The van der Waals surface area contributed by atoms with Crippen molar-refractivity contribution in [3.05, 3.63) is 30.1 Å². The molecule has 2 heterocycles. The van der Waals surface area contributed by atoms with E-state index < -0.39 is 5.60 Å². The molecule has 2 saturated heterocycles. The lowest BCUT2D eigenvalue weighted by Crippen LogP contribution is -2.60. The van der Waals surface area contributed by atoms with Crippen LogP contribution >= 0.6 is 0 Å². The van der Waals surface area contributed by atoms with Crippen LogP contribution in [0.4, 0.5) is 10.1 Å². The van der Waals surface area contributed by atoms with E-state index >= 15 is 0 Å². The van der Waals surface area contributed by atoms with Gasteiger partial charge in [0.25, 0.3) is 5.91 Å². The molecule has 1 unspecified atom stereocenters. The third-order valence-electron chi connectivity index (χ3n) is 3.62. The van der Waals surface area contributed by atoms with E-state index in [9.17, 15) is 9.18 Å². The number of carbonyl (C=O) groups is 1. The van der Waals surface area contributed by atoms with Crippen molar-refractivity contribution in [2.75, 3.05) is 44.4 Å². The number of nitrogens with one attached hydrogen (secondary N) is 1. The predicted molar refractivity (Wildman–Crippen MR) is 71.1 cm³/mol. The van der Waals surface area contributed by atoms with Crippen LogP contribution in [0, 0.1) is 5.82 Å². The van der Waals surface area contributed by atoms with Gasteiger partial charge in [-0.05, 0) is 24.3 Å². The largest absolute Gasteiger partial charge is 0.377 e. The maximum absolute atomic E-state index is 13.0. The van der Waals surface area contributed by atoms with E-state index in [-0.39, 0.29) is 18.3 Å². The second-order valence-corrected chi connectivity index (χ2v) is 5.16. The van der Waals surface area contributed by atoms with Crippen LogP contribution in [-0.4, -0.2) is 51.0 Å². The van der Waals surface area contributed by atoms with Crippen LogP contribution in [0.25, 0.3) is 0 Å². The molecule has 20 heavy (non-hydrogen) atoms. The molecule has 1 amide bonds. The first-order chi connectivity index (χ1) is 9.69. The van der Waals surface area contributed by atoms with Gasteiger partial charge in [-0.25, -0.2) is 4.39 Å². The van der Waals surface area contributed by atoms with Crippen LogP contribution in [0.15, 0.2) is 24.3 Å². The minimum absolute atomic E-state index is 0.0163. The number of ether oxygens (including phenoxy) is 2. The molecule has 2 aliphatic rings. The molecule has 0 aromatic heterocycles. The summed E-state index contributed by atoms with van der Waals surface area (Å²) in [6.07, 6.45) is 0. The van der Waals surface area contributed by atoms with Gasteiger partial charge in [-0.15, -0.1) is 0 Å². The lowest BCUT2D eigenvalue weighted by atomic mass is 10.0. The smallest absolute Gasteiger partial charge is 0.253 e. The normalized spacial score (nSPS) is 27.6. The molecule has 0 bridgehead atoms. The molecule has 6 heteroatoms. The van der Waals surface area contributed by atoms with E-state index in [0.717, 1.165) is 6.54 Å². The number of amides is 1. The van der Waals surface area contributed by atoms with E-state index in [2.05, 4.69) is 5.32 Å². The highest BCUT2D eigenvalue weighted by molar-refractivity contribution is 5.95. The van der Waals surface area contributed by atoms with E-state index in [1.165, 1.54) is 12.1 Å². The topological polar surface area (TPSA) is 50.8 Å². The SMILES string of the molecule is O=C1COC2(CNCCOC2)CN1c1ccc(F)cc1. The number of benzene rings is 1. The zero-order valence-corrected chi connectivity index (χ0v) is 11.1. The zero-order valence-electron chi connectivity index (χ0n) is 11.1. The highest BCUT2D eigenvalue weighted by atomic mass is 19.1. The summed E-state index contributed by atoms with van der Waals surface area (Å²) in [5.41, 5.74) is 0.155. The Balaban J connectivity index is 1.82. The summed E-state index contributed by atoms with van der Waals surface area (Å²) in [5, 5.41) is 3.26. The fourth-order valence-electron chi connectivity index (χ4n) is 2.54. The average Bonchev–Trinajstić information content (AvgIpc) is 2.69. The minimum atomic E-state index is -0.529. The molecule has 1 N–H and O–H groups in total. The molecule has 0 aliphatic carbocycles. The summed E-state index contributed by atoms with van der Waals surface area (Å²) >= 11 is 0. The molecule has 3 rings (SSSR count). The Hall–Kier alpha value is -1.50. The molecule has 2 fully saturated rings. The van der Waals surface area contributed by atoms with E-state index in [4.69, 9.17) is 9.47 Å². The summed E-state index contributed by atoms with van der Waals surface area (Å²) < 4.78 is 24.3. The quantitative estimate of drug-likeness (QED) is 0.816. The Kier molecular flexibility index (Phi) is 3.69. The van der Waals surface area contributed by atoms with Crippen molar-refractivity contribution in [1.82, 2.24) is 5.32 Å². The Morgan fingerprint density at radius 1 is 1.30 bits per heavy atom. The first kappa shape index (κ1) is 13.5. The number of hydrogen-bond donors (Lipinski definition) is 1. The van der Waals surface area contributed by atoms with Crippen molar-refractivity contribution in [2.24, 2.45) is 0 Å². The van der Waals surface area contributed by atoms with Crippen molar-refractivity contribution in [1.29, 1.82) is 0 Å². The van der Waals surface area contributed by atoms with Crippen LogP contribution in [0.2, 0.25) is 0 Å². The number of anilines is 1. The summed E-state index contributed by atoms with van der Waals surface area (Å²) in [7, 11) is 0. The lowest BCUT2D eigenvalue weighted by molar-refractivity contribution is -0.144. The third-order valence-corrected chi connectivity index (χ3v) is 3.62. The monoisotopic (exact) mass is 280 g/mol. The first-order valence-electron chi connectivity index (χ1n) is 6.67. The first-order valence-corrected chi connectivity index (χ1v) is 6.67. The van der Waals surface area contributed by atoms with Gasteiger partial charge in [-0.3, -0.25) is 4.79 Å². The van der Waals surface area contributed by atoms with Gasteiger partial charge in [-0.2, -0.15) is 0 Å². The van der Waals surface area contributed by atoms with Crippen molar-refractivity contribution < 1.29 is 18.7 Å². The summed E-state index contributed by atoms with van der Waals surface area (Å²) in [5.74, 6) is -0.435. The van der Waals surface area contributed by atoms with Crippen molar-refractivity contribution in [3.8, 4) is 0 Å². The molecule has 0 radical (unpaired) electrons. The minimum Gasteiger partial charge on any atom is -0.377 e. The van der Waals surface area contributed by atoms with E-state index in [1.54, 1.807) is 17.0 Å². The number of hydrogen-bond acceptors (Lipinski definition) is 4. The average molecular weight is 280 g/mol. The molecular weight excluding hydrogens is 263 g/mol. The van der Waals surface area contributed by atoms with Gasteiger partial charge in [0.1, 0.15) is 18.0 Å². The summed E-state index contributed by atoms with van der Waals surface area (Å²) in [6.45, 7) is 2.92. The van der Waals surface area contributed by atoms with E-state index in [1.807, 2.05) is 0 Å². The summed E-state index contributed by atoms with van der Waals surface area (Å²) in [4.78, 5) is 13.7. The Morgan fingerprint density at radius 3 is 2.90 bits per heavy atom. The molecule has 1 aromatic rings. The Labute approximate surface area is 116 Å². The molecular formula is C14H17FN2O3. The second-order valence-electron chi connectivity index (χ2n) is 5.16. The van der Waals surface area contributed by atoms with Gasteiger partial charge in [0.05, 0.1) is 19.8 Å². The van der Waals surface area contributed by atoms with Crippen LogP contribution in [0.1, 0.15) is 0 Å². The second kappa shape index (κ2) is 5.47. The fraction of sp³-hybridized carbons (Fsp3) is 0.500. The number of morpholine rings is 1. The predicted octanol–water partition coefficient (Wildman–Crippen LogP) is 0.548. The maximum atomic E-state index is 13.0. The van der Waals surface area contributed by atoms with Gasteiger partial charge < -0.3 is 19.7 Å². The van der Waals surface area contributed by atoms with Gasteiger partial charge >= 0.3 is 0 Å². The number of nitrogens with zero attached hydrogens (tertiary/aromatic N) is 1.